The molecule has 0 unspecified atom stereocenters. The highest BCUT2D eigenvalue weighted by molar-refractivity contribution is 5.93. The molecule has 0 radical (unpaired) electrons. The Morgan fingerprint density at radius 2 is 1.26 bits per heavy atom. The normalized spacial score (nSPS) is 14.9. The molecule has 0 spiro atoms. The molecule has 3 heterocycles. The highest BCUT2D eigenvalue weighted by atomic mass is 15.2. The molecule has 1 aromatic heterocycles. The van der Waals surface area contributed by atoms with E-state index in [0.29, 0.717) is 0 Å². The van der Waals surface area contributed by atoms with Gasteiger partial charge in [0.2, 0.25) is 0 Å². The summed E-state index contributed by atoms with van der Waals surface area (Å²) in [4.78, 5) is 6.97. The van der Waals surface area contributed by atoms with Crippen molar-refractivity contribution in [3.63, 3.8) is 0 Å². The second-order valence-corrected chi connectivity index (χ2v) is 10.4. The Labute approximate surface area is 204 Å². The van der Waals surface area contributed by atoms with Crippen LogP contribution in [0.1, 0.15) is 44.5 Å². The van der Waals surface area contributed by atoms with Crippen molar-refractivity contribution < 1.29 is 0 Å². The molecule has 4 aromatic carbocycles. The first-order valence-corrected chi connectivity index (χ1v) is 12.6. The van der Waals surface area contributed by atoms with Gasteiger partial charge in [0.1, 0.15) is 0 Å². The van der Waals surface area contributed by atoms with E-state index in [9.17, 15) is 0 Å². The third-order valence-electron chi connectivity index (χ3n) is 8.62. The van der Waals surface area contributed by atoms with Crippen molar-refractivity contribution in [1.29, 1.82) is 0 Å². The zero-order chi connectivity index (χ0) is 22.7. The smallest absolute Gasteiger partial charge is 0.0532 e. The molecule has 0 N–H and O–H groups in total. The van der Waals surface area contributed by atoms with Gasteiger partial charge in [-0.05, 0) is 91.7 Å². The topological polar surface area (TPSA) is 16.1 Å². The van der Waals surface area contributed by atoms with Crippen LogP contribution in [0.5, 0.6) is 0 Å². The van der Waals surface area contributed by atoms with Crippen LogP contribution in [0.15, 0.2) is 85.2 Å². The highest BCUT2D eigenvalue weighted by Gasteiger charge is 2.34. The molecule has 2 aliphatic heterocycles. The first-order valence-electron chi connectivity index (χ1n) is 12.6. The van der Waals surface area contributed by atoms with E-state index < -0.39 is 0 Å². The number of benzene rings is 4. The molecule has 5 aromatic rings. The molecule has 2 aliphatic carbocycles. The van der Waals surface area contributed by atoms with Crippen molar-refractivity contribution in [2.45, 2.75) is 25.7 Å². The predicted molar refractivity (Wildman–Crippen MR) is 141 cm³/mol. The average molecular weight is 447 g/mol. The van der Waals surface area contributed by atoms with Gasteiger partial charge in [0.25, 0.3) is 0 Å². The number of pyridine rings is 1. The molecule has 2 heteroatoms. The fourth-order valence-corrected chi connectivity index (χ4v) is 7.12. The first kappa shape index (κ1) is 18.2. The van der Waals surface area contributed by atoms with Gasteiger partial charge in [-0.15, -0.1) is 0 Å². The number of anilines is 3. The second kappa shape index (κ2) is 6.28. The van der Waals surface area contributed by atoms with E-state index in [4.69, 9.17) is 0 Å². The van der Waals surface area contributed by atoms with Crippen LogP contribution in [0, 0.1) is 0 Å². The van der Waals surface area contributed by atoms with Crippen molar-refractivity contribution in [2.24, 2.45) is 0 Å². The van der Waals surface area contributed by atoms with Gasteiger partial charge in [-0.3, -0.25) is 4.98 Å². The van der Waals surface area contributed by atoms with Gasteiger partial charge in [-0.25, -0.2) is 0 Å². The maximum Gasteiger partial charge on any atom is 0.0532 e. The van der Waals surface area contributed by atoms with Crippen molar-refractivity contribution in [3.05, 3.63) is 130 Å². The van der Waals surface area contributed by atoms with Gasteiger partial charge < -0.3 is 4.90 Å². The van der Waals surface area contributed by atoms with Gasteiger partial charge >= 0.3 is 0 Å². The Bertz CT molecular complexity index is 1760. The van der Waals surface area contributed by atoms with E-state index in [0.717, 1.165) is 25.7 Å². The Morgan fingerprint density at radius 1 is 0.514 bits per heavy atom. The minimum absolute atomic E-state index is 0.957. The fraction of sp³-hybridized carbons (Fsp3) is 0.121. The van der Waals surface area contributed by atoms with Crippen LogP contribution >= 0.6 is 0 Å². The number of aromatic nitrogens is 1. The largest absolute Gasteiger partial charge is 0.309 e. The Balaban J connectivity index is 1.26. The first-order chi connectivity index (χ1) is 17.3. The molecule has 0 bridgehead atoms. The lowest BCUT2D eigenvalue weighted by atomic mass is 9.86. The third kappa shape index (κ3) is 2.27. The summed E-state index contributed by atoms with van der Waals surface area (Å²) in [7, 11) is 0. The monoisotopic (exact) mass is 446 g/mol. The van der Waals surface area contributed by atoms with Crippen molar-refractivity contribution in [1.82, 2.24) is 4.98 Å². The number of para-hydroxylation sites is 1. The SMILES string of the molecule is c1ccc2c(c1)Cc1c-2ccc2c1Cc1cc3c(cc1-2)N1c2ccncc2Cc2cccc(c21)C3. The van der Waals surface area contributed by atoms with E-state index in [1.165, 1.54) is 83.8 Å². The summed E-state index contributed by atoms with van der Waals surface area (Å²) >= 11 is 0. The molecule has 0 amide bonds. The van der Waals surface area contributed by atoms with Gasteiger partial charge in [0.05, 0.1) is 17.1 Å². The molecular weight excluding hydrogens is 424 g/mol. The predicted octanol–water partition coefficient (Wildman–Crippen LogP) is 7.50. The molecule has 0 fully saturated rings. The summed E-state index contributed by atoms with van der Waals surface area (Å²) in [6, 6.07) is 27.7. The maximum atomic E-state index is 4.45. The lowest BCUT2D eigenvalue weighted by Crippen LogP contribution is -2.24. The van der Waals surface area contributed by atoms with E-state index in [1.807, 2.05) is 12.4 Å². The van der Waals surface area contributed by atoms with Crippen LogP contribution in [0.3, 0.4) is 0 Å². The quantitative estimate of drug-likeness (QED) is 0.240. The molecule has 4 aliphatic rings. The lowest BCUT2D eigenvalue weighted by molar-refractivity contribution is 0.998. The number of fused-ring (bicyclic) bond motifs is 11. The molecule has 2 nitrogen and oxygen atoms in total. The van der Waals surface area contributed by atoms with Crippen LogP contribution < -0.4 is 4.90 Å². The van der Waals surface area contributed by atoms with Crippen molar-refractivity contribution in [2.75, 3.05) is 4.90 Å². The molecule has 0 atom stereocenters. The van der Waals surface area contributed by atoms with E-state index in [-0.39, 0.29) is 0 Å². The van der Waals surface area contributed by atoms with Crippen LogP contribution in [-0.4, -0.2) is 4.98 Å². The summed E-state index contributed by atoms with van der Waals surface area (Å²) in [5.74, 6) is 0. The Kier molecular flexibility index (Phi) is 3.27. The van der Waals surface area contributed by atoms with Crippen LogP contribution in [-0.2, 0) is 25.7 Å². The third-order valence-corrected chi connectivity index (χ3v) is 8.62. The Morgan fingerprint density at radius 3 is 2.14 bits per heavy atom. The molecule has 164 valence electrons. The van der Waals surface area contributed by atoms with E-state index in [1.54, 1.807) is 0 Å². The highest BCUT2D eigenvalue weighted by Crippen LogP contribution is 2.53. The lowest BCUT2D eigenvalue weighted by Gasteiger charge is -2.39. The van der Waals surface area contributed by atoms with E-state index in [2.05, 4.69) is 82.7 Å². The van der Waals surface area contributed by atoms with Crippen LogP contribution in [0.25, 0.3) is 22.3 Å². The Hall–Kier alpha value is -4.17. The standard InChI is InChI=1S/C33H22N2/c1-2-7-25-19(4-1)15-29-26(25)8-9-27-28-17-32-23(14-22(28)16-30(27)29)12-20-5-3-6-21-13-24-18-34-11-10-31(24)35(32)33(20)21/h1-11,14,17-18H,12-13,15-16H2. The van der Waals surface area contributed by atoms with Gasteiger partial charge in [0.15, 0.2) is 0 Å². The van der Waals surface area contributed by atoms with Gasteiger partial charge in [0, 0.05) is 25.2 Å². The molecule has 35 heavy (non-hydrogen) atoms. The summed E-state index contributed by atoms with van der Waals surface area (Å²) in [6.07, 6.45) is 8.04. The minimum atomic E-state index is 0.957. The zero-order valence-corrected chi connectivity index (χ0v) is 19.3. The number of nitrogens with zero attached hydrogens (tertiary/aromatic N) is 2. The molecular formula is C33H22N2. The molecule has 9 rings (SSSR count). The summed E-state index contributed by atoms with van der Waals surface area (Å²) in [6.45, 7) is 0. The van der Waals surface area contributed by atoms with Gasteiger partial charge in [-0.1, -0.05) is 60.7 Å². The summed E-state index contributed by atoms with van der Waals surface area (Å²) in [5.41, 5.74) is 21.3. The fourth-order valence-electron chi connectivity index (χ4n) is 7.12. The van der Waals surface area contributed by atoms with Gasteiger partial charge in [-0.2, -0.15) is 0 Å². The molecule has 0 saturated heterocycles. The summed E-state index contributed by atoms with van der Waals surface area (Å²) in [5, 5.41) is 0. The van der Waals surface area contributed by atoms with Crippen molar-refractivity contribution in [3.8, 4) is 22.3 Å². The minimum Gasteiger partial charge on any atom is -0.309 e. The zero-order valence-electron chi connectivity index (χ0n) is 19.3. The van der Waals surface area contributed by atoms with Crippen LogP contribution in [0.2, 0.25) is 0 Å². The average Bonchev–Trinajstić information content (AvgIpc) is 3.45. The molecule has 0 saturated carbocycles. The summed E-state index contributed by atoms with van der Waals surface area (Å²) < 4.78 is 0. The number of hydrogen-bond donors (Lipinski definition) is 0. The second-order valence-electron chi connectivity index (χ2n) is 10.4. The maximum absolute atomic E-state index is 4.45. The van der Waals surface area contributed by atoms with Crippen LogP contribution in [0.4, 0.5) is 17.1 Å². The number of hydrogen-bond acceptors (Lipinski definition) is 2. The van der Waals surface area contributed by atoms with Crippen molar-refractivity contribution >= 4 is 17.1 Å². The number of rotatable bonds is 0. The van der Waals surface area contributed by atoms with E-state index >= 15 is 0 Å².